The standard InChI is InChI=1S/C31H21BrN2O2S.C26H20N2.C25H17BrN2.C25H15N3.C25H18N2/c1-19-10-13-21(14-11-19)37(35,36)34-18-28(26-16-20(32)12-15-30(26)34)29-17-27-24-8-3-2-6-22(24)23-7-4-5-9-25(23)31(27)33-29;1-16-25(21-12-6-7-13-23(21)27-16)24-15-22-19-10-4-2-8-17(19)14-18-9-3-5-11-20(18)26(22)28-24;26-17-9-10-23-20(12-17)22(14-27-23)24-13-21-18-7-3-1-5-15(18)11-16-6-2-4-8-19(16)25(21)28-24;1-26-15-10-11-23-20(12-15)22(14-27-23)24-13-21-18-8-3-2-6-16(18)17-7-4-5-9-19(17)25(21)28-24;1-3-9-18-16(7-1)13-17-8-2-4-10-19(17)25-21(18)14-24(27-25)22-15-26-23-12-6-5-11-20(22)23/h2-16,18H,17H2,1H3;2-13,27H,14-15H2,1H3;1-10,12,14,27H,11,13H2;2-12,14,27H,13H2;1-12,15,26H,13-14H2. The van der Waals surface area contributed by atoms with Gasteiger partial charge in [0.25, 0.3) is 10.0 Å². The van der Waals surface area contributed by atoms with E-state index in [0.717, 1.165) is 155 Å². The lowest BCUT2D eigenvalue weighted by Crippen LogP contribution is -2.12. The van der Waals surface area contributed by atoms with Crippen LogP contribution in [0.2, 0.25) is 0 Å². The summed E-state index contributed by atoms with van der Waals surface area (Å²) in [6.07, 6.45) is 14.9. The van der Waals surface area contributed by atoms with Crippen LogP contribution in [0, 0.1) is 20.4 Å². The molecule has 10 heterocycles. The molecule has 31 rings (SSSR count). The number of H-pyrrole nitrogens is 4. The summed E-state index contributed by atoms with van der Waals surface area (Å²) in [5.41, 5.74) is 47.2. The highest BCUT2D eigenvalue weighted by molar-refractivity contribution is 9.10. The Balaban J connectivity index is 0.0000000918. The predicted octanol–water partition coefficient (Wildman–Crippen LogP) is 33.2. The second-order valence-electron chi connectivity index (χ2n) is 39.1. The molecule has 0 atom stereocenters. The summed E-state index contributed by atoms with van der Waals surface area (Å²) in [6, 6.07) is 128. The van der Waals surface area contributed by atoms with Gasteiger partial charge in [0.05, 0.1) is 74.0 Å². The van der Waals surface area contributed by atoms with Crippen LogP contribution in [0.15, 0.2) is 434 Å². The minimum atomic E-state index is -3.79. The SMILES string of the molecule is Brc1ccc2[nH]cc(C3=NC4=C(C3)c3ccccc3Cc3ccccc34)c2c1.Cc1[nH]c2ccccc2c1C1=NC2=C(C1)c1ccccc1Cc1ccccc12.Cc1ccc(S(=O)(=O)n2cc(C3=Nc4c(c5ccccc5c5ccccc45)C3)c3cc(Br)ccc32)cc1.[C-]#[N+]c1ccc2[nH]cc(C3=Nc4c(c5ccccc5c5ccccc45)C3)c2c1.c1ccc2c(c1)Cc1ccccc1C1=C2CC(c2c[nH]c3ccccc23)=N1. The molecule has 18 aromatic carbocycles. The Bertz CT molecular complexity index is 10100. The lowest BCUT2D eigenvalue weighted by atomic mass is 9.93. The molecule has 16 heteroatoms. The quantitative estimate of drug-likeness (QED) is 0.0922. The van der Waals surface area contributed by atoms with Crippen LogP contribution in [-0.4, -0.2) is 60.9 Å². The number of nitrogens with zero attached hydrogens (tertiary/aromatic N) is 7. The van der Waals surface area contributed by atoms with Crippen molar-refractivity contribution in [2.45, 2.75) is 70.1 Å². The highest BCUT2D eigenvalue weighted by Gasteiger charge is 2.36. The molecule has 13 nitrogen and oxygen atoms in total. The van der Waals surface area contributed by atoms with Crippen LogP contribution < -0.4 is 0 Å². The molecule has 706 valence electrons. The van der Waals surface area contributed by atoms with E-state index in [1.165, 1.54) is 186 Å². The van der Waals surface area contributed by atoms with Gasteiger partial charge in [-0.05, 0) is 222 Å². The van der Waals surface area contributed by atoms with E-state index < -0.39 is 10.0 Å². The Kier molecular flexibility index (Phi) is 22.0. The molecule has 0 spiro atoms. The summed E-state index contributed by atoms with van der Waals surface area (Å²) in [5, 5.41) is 15.3. The maximum atomic E-state index is 13.8. The van der Waals surface area contributed by atoms with Crippen molar-refractivity contribution in [2.24, 2.45) is 25.0 Å². The van der Waals surface area contributed by atoms with Crippen molar-refractivity contribution in [3.05, 3.63) is 532 Å². The number of para-hydroxylation sites is 2. The molecule has 0 saturated heterocycles. The second kappa shape index (κ2) is 36.5. The number of rotatable bonds is 7. The average Bonchev–Trinajstić information content (AvgIpc) is 1.58. The van der Waals surface area contributed by atoms with Crippen LogP contribution in [0.4, 0.5) is 17.1 Å². The Morgan fingerprint density at radius 2 is 0.649 bits per heavy atom. The van der Waals surface area contributed by atoms with E-state index in [2.05, 4.69) is 379 Å². The fourth-order valence-corrected chi connectivity index (χ4v) is 25.7. The van der Waals surface area contributed by atoms with Gasteiger partial charge in [0.15, 0.2) is 5.69 Å². The molecule has 5 aromatic heterocycles. The largest absolute Gasteiger partial charge is 0.361 e. The van der Waals surface area contributed by atoms with Crippen LogP contribution in [0.3, 0.4) is 0 Å². The van der Waals surface area contributed by atoms with Crippen LogP contribution in [0.5, 0.6) is 0 Å². The lowest BCUT2D eigenvalue weighted by molar-refractivity contribution is 0.589. The smallest absolute Gasteiger partial charge is 0.268 e. The van der Waals surface area contributed by atoms with Crippen molar-refractivity contribution in [3.8, 4) is 0 Å². The van der Waals surface area contributed by atoms with Crippen LogP contribution in [-0.2, 0) is 42.1 Å². The first-order chi connectivity index (χ1) is 72.7. The molecule has 0 unspecified atom stereocenters. The molecule has 8 aliphatic rings. The second-order valence-corrected chi connectivity index (χ2v) is 42.8. The van der Waals surface area contributed by atoms with Gasteiger partial charge in [0, 0.05) is 170 Å². The van der Waals surface area contributed by atoms with Gasteiger partial charge in [0.2, 0.25) is 0 Å². The Morgan fingerprint density at radius 1 is 0.297 bits per heavy atom. The van der Waals surface area contributed by atoms with Gasteiger partial charge in [-0.3, -0.25) is 25.0 Å². The van der Waals surface area contributed by atoms with E-state index in [-0.39, 0.29) is 4.90 Å². The fourth-order valence-electron chi connectivity index (χ4n) is 23.6. The maximum absolute atomic E-state index is 13.8. The Labute approximate surface area is 871 Å². The van der Waals surface area contributed by atoms with Crippen molar-refractivity contribution < 1.29 is 8.42 Å². The van der Waals surface area contributed by atoms with Gasteiger partial charge >= 0.3 is 0 Å². The number of aromatic amines is 4. The fraction of sp³-hybridized carbons (Fsp3) is 0.0758. The molecule has 0 bridgehead atoms. The van der Waals surface area contributed by atoms with Gasteiger partial charge in [0.1, 0.15) is 0 Å². The third kappa shape index (κ3) is 15.4. The van der Waals surface area contributed by atoms with Gasteiger partial charge in [-0.2, -0.15) is 0 Å². The number of benzene rings is 18. The summed E-state index contributed by atoms with van der Waals surface area (Å²) < 4.78 is 30.9. The molecule has 4 N–H and O–H groups in total. The number of nitrogens with one attached hydrogen (secondary N) is 4. The number of allylic oxidation sites excluding steroid dienone is 3. The summed E-state index contributed by atoms with van der Waals surface area (Å²) >= 11 is 7.19. The monoisotopic (exact) mass is 2050 g/mol. The molecule has 23 aromatic rings. The number of aliphatic imine (C=N–C) groups is 5. The van der Waals surface area contributed by atoms with Gasteiger partial charge in [-0.25, -0.2) is 17.2 Å². The zero-order valence-corrected chi connectivity index (χ0v) is 84.8. The first-order valence-electron chi connectivity index (χ1n) is 50.2. The molecule has 0 fully saturated rings. The summed E-state index contributed by atoms with van der Waals surface area (Å²) in [4.78, 5) is 43.4. The van der Waals surface area contributed by atoms with Crippen molar-refractivity contribution in [1.29, 1.82) is 0 Å². The highest BCUT2D eigenvalue weighted by atomic mass is 79.9. The van der Waals surface area contributed by atoms with Crippen molar-refractivity contribution in [1.82, 2.24) is 23.9 Å². The van der Waals surface area contributed by atoms with Crippen molar-refractivity contribution >= 4 is 219 Å². The minimum absolute atomic E-state index is 0.262. The predicted molar refractivity (Wildman–Crippen MR) is 619 cm³/mol. The van der Waals surface area contributed by atoms with Crippen LogP contribution >= 0.6 is 31.9 Å². The number of hydrogen-bond donors (Lipinski definition) is 4. The van der Waals surface area contributed by atoms with E-state index in [0.29, 0.717) is 17.6 Å². The van der Waals surface area contributed by atoms with E-state index in [1.807, 2.05) is 67.7 Å². The third-order valence-corrected chi connectivity index (χ3v) is 33.3. The van der Waals surface area contributed by atoms with Gasteiger partial charge in [-0.1, -0.05) is 335 Å². The number of halogens is 2. The lowest BCUT2D eigenvalue weighted by Gasteiger charge is -2.09. The average molecular weight is 2060 g/mol. The molecule has 3 aliphatic carbocycles. The van der Waals surface area contributed by atoms with E-state index in [4.69, 9.17) is 31.5 Å². The molecule has 148 heavy (non-hydrogen) atoms. The highest BCUT2D eigenvalue weighted by Crippen LogP contribution is 2.51. The van der Waals surface area contributed by atoms with E-state index in [1.54, 1.807) is 18.3 Å². The summed E-state index contributed by atoms with van der Waals surface area (Å²) in [7, 11) is -3.79. The van der Waals surface area contributed by atoms with Crippen LogP contribution in [0.25, 0.3) is 136 Å². The molecule has 5 aliphatic heterocycles. The van der Waals surface area contributed by atoms with Crippen LogP contribution in [0.1, 0.15) is 136 Å². The summed E-state index contributed by atoms with van der Waals surface area (Å²) in [6.45, 7) is 11.4. The summed E-state index contributed by atoms with van der Waals surface area (Å²) in [5.74, 6) is 0. The first-order valence-corrected chi connectivity index (χ1v) is 53.2. The number of aromatic nitrogens is 5. The number of aryl methyl sites for hydroxylation is 2. The molecule has 0 amide bonds. The van der Waals surface area contributed by atoms with Gasteiger partial charge in [-0.15, -0.1) is 0 Å². The molecular formula is C132H91Br2N11O2S. The molecule has 0 saturated carbocycles. The van der Waals surface area contributed by atoms with Gasteiger partial charge < -0.3 is 19.9 Å². The normalized spacial score (nSPS) is 14.3. The topological polar surface area (TPSA) is 168 Å². The first kappa shape index (κ1) is 89.5. The maximum Gasteiger partial charge on any atom is 0.268 e. The van der Waals surface area contributed by atoms with E-state index in [9.17, 15) is 8.42 Å². The zero-order chi connectivity index (χ0) is 99.1. The molecule has 0 radical (unpaired) electrons. The van der Waals surface area contributed by atoms with E-state index >= 15 is 0 Å². The van der Waals surface area contributed by atoms with Crippen molar-refractivity contribution in [2.75, 3.05) is 0 Å². The molecular weight excluding hydrogens is 1960 g/mol. The Morgan fingerprint density at radius 3 is 1.14 bits per heavy atom. The number of fused-ring (bicyclic) bond motifs is 29. The Hall–Kier alpha value is -17.3. The number of hydrogen-bond acceptors (Lipinski definition) is 7. The third-order valence-electron chi connectivity index (χ3n) is 30.6. The van der Waals surface area contributed by atoms with Crippen molar-refractivity contribution in [3.63, 3.8) is 0 Å². The minimum Gasteiger partial charge on any atom is -0.361 e. The zero-order valence-electron chi connectivity index (χ0n) is 80.8.